The minimum atomic E-state index is 0. The highest BCUT2D eigenvalue weighted by Gasteiger charge is 2.22. The molecule has 0 aromatic heterocycles. The van der Waals surface area contributed by atoms with Crippen molar-refractivity contribution in [3.8, 4) is 5.75 Å². The molecule has 0 radical (unpaired) electrons. The third kappa shape index (κ3) is 4.37. The molecule has 1 atom stereocenters. The van der Waals surface area contributed by atoms with Gasteiger partial charge in [0.1, 0.15) is 5.75 Å². The molecule has 0 bridgehead atoms. The van der Waals surface area contributed by atoms with E-state index in [1.165, 1.54) is 24.0 Å². The van der Waals surface area contributed by atoms with E-state index in [0.717, 1.165) is 31.9 Å². The Morgan fingerprint density at radius 3 is 2.90 bits per heavy atom. The van der Waals surface area contributed by atoms with E-state index in [-0.39, 0.29) is 12.4 Å². The monoisotopic (exact) mass is 298 g/mol. The Morgan fingerprint density at radius 1 is 1.40 bits per heavy atom. The van der Waals surface area contributed by atoms with Crippen LogP contribution in [0.3, 0.4) is 0 Å². The van der Waals surface area contributed by atoms with Crippen LogP contribution in [0.15, 0.2) is 18.2 Å². The molecule has 3 nitrogen and oxygen atoms in total. The fraction of sp³-hybridized carbons (Fsp3) is 0.625. The molecule has 1 saturated heterocycles. The third-order valence-electron chi connectivity index (χ3n) is 3.90. The molecule has 1 unspecified atom stereocenters. The summed E-state index contributed by atoms with van der Waals surface area (Å²) in [5.74, 6) is 1.01. The third-order valence-corrected chi connectivity index (χ3v) is 3.90. The van der Waals surface area contributed by atoms with E-state index >= 15 is 0 Å². The van der Waals surface area contributed by atoms with Crippen LogP contribution >= 0.6 is 12.4 Å². The first-order valence-electron chi connectivity index (χ1n) is 7.33. The van der Waals surface area contributed by atoms with Crippen LogP contribution in [0.2, 0.25) is 0 Å². The number of nitrogens with zero attached hydrogens (tertiary/aromatic N) is 1. The van der Waals surface area contributed by atoms with Gasteiger partial charge in [0.05, 0.1) is 7.11 Å². The van der Waals surface area contributed by atoms with Crippen molar-refractivity contribution in [1.29, 1.82) is 0 Å². The summed E-state index contributed by atoms with van der Waals surface area (Å²) in [7, 11) is 1.76. The molecular weight excluding hydrogens is 272 g/mol. The normalized spacial score (nSPS) is 19.4. The minimum absolute atomic E-state index is 0. The van der Waals surface area contributed by atoms with Gasteiger partial charge in [0.15, 0.2) is 0 Å². The summed E-state index contributed by atoms with van der Waals surface area (Å²) in [6.45, 7) is 8.74. The molecule has 4 heteroatoms. The lowest BCUT2D eigenvalue weighted by molar-refractivity contribution is 0.143. The highest BCUT2D eigenvalue weighted by molar-refractivity contribution is 5.85. The fourth-order valence-electron chi connectivity index (χ4n) is 2.88. The first kappa shape index (κ1) is 17.3. The van der Waals surface area contributed by atoms with Gasteiger partial charge in [0, 0.05) is 37.8 Å². The van der Waals surface area contributed by atoms with Crippen molar-refractivity contribution in [1.82, 2.24) is 10.2 Å². The minimum Gasteiger partial charge on any atom is -0.496 e. The summed E-state index contributed by atoms with van der Waals surface area (Å²) in [4.78, 5) is 2.59. The molecule has 0 amide bonds. The maximum Gasteiger partial charge on any atom is 0.123 e. The highest BCUT2D eigenvalue weighted by atomic mass is 35.5. The van der Waals surface area contributed by atoms with E-state index in [1.807, 2.05) is 0 Å². The molecule has 114 valence electrons. The Bertz CT molecular complexity index is 409. The Balaban J connectivity index is 0.00000200. The number of ether oxygens (including phenoxy) is 1. The van der Waals surface area contributed by atoms with E-state index in [4.69, 9.17) is 4.74 Å². The summed E-state index contributed by atoms with van der Waals surface area (Å²) < 4.78 is 5.49. The Kier molecular flexibility index (Phi) is 7.35. The van der Waals surface area contributed by atoms with Gasteiger partial charge < -0.3 is 10.1 Å². The van der Waals surface area contributed by atoms with Crippen molar-refractivity contribution < 1.29 is 4.74 Å². The molecule has 1 aromatic carbocycles. The lowest BCUT2D eigenvalue weighted by Gasteiger charge is -2.36. The maximum atomic E-state index is 5.49. The zero-order chi connectivity index (χ0) is 13.7. The molecule has 2 rings (SSSR count). The van der Waals surface area contributed by atoms with Gasteiger partial charge in [-0.1, -0.05) is 31.0 Å². The van der Waals surface area contributed by atoms with Gasteiger partial charge in [-0.3, -0.25) is 4.90 Å². The van der Waals surface area contributed by atoms with E-state index in [1.54, 1.807) is 7.11 Å². The molecule has 0 saturated carbocycles. The summed E-state index contributed by atoms with van der Waals surface area (Å²) in [6.07, 6.45) is 2.51. The van der Waals surface area contributed by atoms with Crippen LogP contribution in [0.1, 0.15) is 30.9 Å². The second-order valence-electron chi connectivity index (χ2n) is 5.43. The van der Waals surface area contributed by atoms with Crippen molar-refractivity contribution >= 4 is 12.4 Å². The SMILES string of the molecule is CCCC1CNCCN1Cc1cc(C)ccc1OC.Cl. The first-order chi connectivity index (χ1) is 9.24. The van der Waals surface area contributed by atoms with Gasteiger partial charge >= 0.3 is 0 Å². The standard InChI is InChI=1S/C16H26N2O.ClH/c1-4-5-15-11-17-8-9-18(15)12-14-10-13(2)6-7-16(14)19-3;/h6-7,10,15,17H,4-5,8-9,11-12H2,1-3H3;1H. The summed E-state index contributed by atoms with van der Waals surface area (Å²) in [5.41, 5.74) is 2.61. The largest absolute Gasteiger partial charge is 0.496 e. The number of methoxy groups -OCH3 is 1. The number of hydrogen-bond donors (Lipinski definition) is 1. The maximum absolute atomic E-state index is 5.49. The number of aryl methyl sites for hydroxylation is 1. The fourth-order valence-corrected chi connectivity index (χ4v) is 2.88. The van der Waals surface area contributed by atoms with Gasteiger partial charge in [0.2, 0.25) is 0 Å². The van der Waals surface area contributed by atoms with Crippen LogP contribution in [0.4, 0.5) is 0 Å². The summed E-state index contributed by atoms with van der Waals surface area (Å²) in [5, 5.41) is 3.50. The van der Waals surface area contributed by atoms with Gasteiger partial charge in [-0.05, 0) is 19.4 Å². The Hall–Kier alpha value is -0.770. The molecule has 0 aliphatic carbocycles. The summed E-state index contributed by atoms with van der Waals surface area (Å²) in [6, 6.07) is 7.11. The van der Waals surface area contributed by atoms with Crippen molar-refractivity contribution in [2.24, 2.45) is 0 Å². The van der Waals surface area contributed by atoms with Crippen molar-refractivity contribution in [3.63, 3.8) is 0 Å². The Morgan fingerprint density at radius 2 is 2.20 bits per heavy atom. The number of rotatable bonds is 5. The van der Waals surface area contributed by atoms with Crippen LogP contribution < -0.4 is 10.1 Å². The van der Waals surface area contributed by atoms with E-state index < -0.39 is 0 Å². The van der Waals surface area contributed by atoms with Crippen LogP contribution in [0.25, 0.3) is 0 Å². The molecular formula is C16H27ClN2O. The molecule has 20 heavy (non-hydrogen) atoms. The predicted octanol–water partition coefficient (Wildman–Crippen LogP) is 3.00. The lowest BCUT2D eigenvalue weighted by Crippen LogP contribution is -2.50. The van der Waals surface area contributed by atoms with Crippen LogP contribution in [-0.4, -0.2) is 37.7 Å². The van der Waals surface area contributed by atoms with Gasteiger partial charge in [-0.2, -0.15) is 0 Å². The zero-order valence-corrected chi connectivity index (χ0v) is 13.6. The van der Waals surface area contributed by atoms with E-state index in [9.17, 15) is 0 Å². The molecule has 1 aliphatic heterocycles. The molecule has 1 N–H and O–H groups in total. The van der Waals surface area contributed by atoms with Crippen LogP contribution in [0, 0.1) is 6.92 Å². The van der Waals surface area contributed by atoms with Crippen molar-refractivity contribution in [3.05, 3.63) is 29.3 Å². The number of piperazine rings is 1. The molecule has 1 aliphatic rings. The molecule has 1 heterocycles. The van der Waals surface area contributed by atoms with Gasteiger partial charge in [-0.15, -0.1) is 12.4 Å². The van der Waals surface area contributed by atoms with Gasteiger partial charge in [-0.25, -0.2) is 0 Å². The van der Waals surface area contributed by atoms with Crippen molar-refractivity contribution in [2.75, 3.05) is 26.7 Å². The average molecular weight is 299 g/mol. The topological polar surface area (TPSA) is 24.5 Å². The summed E-state index contributed by atoms with van der Waals surface area (Å²) >= 11 is 0. The van der Waals surface area contributed by atoms with Gasteiger partial charge in [0.25, 0.3) is 0 Å². The number of nitrogens with one attached hydrogen (secondary N) is 1. The zero-order valence-electron chi connectivity index (χ0n) is 12.8. The number of benzene rings is 1. The molecule has 1 fully saturated rings. The van der Waals surface area contributed by atoms with E-state index in [0.29, 0.717) is 6.04 Å². The second-order valence-corrected chi connectivity index (χ2v) is 5.43. The predicted molar refractivity (Wildman–Crippen MR) is 87.0 cm³/mol. The highest BCUT2D eigenvalue weighted by Crippen LogP contribution is 2.23. The molecule has 1 aromatic rings. The van der Waals surface area contributed by atoms with Crippen molar-refractivity contribution in [2.45, 2.75) is 39.3 Å². The van der Waals surface area contributed by atoms with Crippen LogP contribution in [0.5, 0.6) is 5.75 Å². The number of hydrogen-bond acceptors (Lipinski definition) is 3. The quantitative estimate of drug-likeness (QED) is 0.904. The lowest BCUT2D eigenvalue weighted by atomic mass is 10.0. The smallest absolute Gasteiger partial charge is 0.123 e. The van der Waals surface area contributed by atoms with Crippen LogP contribution in [-0.2, 0) is 6.54 Å². The molecule has 0 spiro atoms. The van der Waals surface area contributed by atoms with E-state index in [2.05, 4.69) is 42.3 Å². The second kappa shape index (κ2) is 8.50. The Labute approximate surface area is 129 Å². The average Bonchev–Trinajstić information content (AvgIpc) is 2.42. The number of halogens is 1. The first-order valence-corrected chi connectivity index (χ1v) is 7.33.